The lowest BCUT2D eigenvalue weighted by molar-refractivity contribution is 0.0403. The molecule has 90 valence electrons. The van der Waals surface area contributed by atoms with Crippen molar-refractivity contribution in [2.45, 2.75) is 45.8 Å². The quantitative estimate of drug-likeness (QED) is 0.752. The predicted octanol–water partition coefficient (Wildman–Crippen LogP) is 1.01. The first kappa shape index (κ1) is 12.9. The molecule has 1 heterocycles. The van der Waals surface area contributed by atoms with Gasteiger partial charge in [-0.15, -0.1) is 0 Å². The lowest BCUT2D eigenvalue weighted by Gasteiger charge is -2.44. The standard InChI is InChI=1S/C12H27N3/c1-10(2)14-6-7-15(12(4)9-14)11(3)8-13-5/h10-13H,6-9H2,1-5H3. The average molecular weight is 213 g/mol. The third kappa shape index (κ3) is 3.44. The van der Waals surface area contributed by atoms with Crippen LogP contribution in [-0.2, 0) is 0 Å². The van der Waals surface area contributed by atoms with E-state index in [9.17, 15) is 0 Å². The van der Waals surface area contributed by atoms with E-state index in [-0.39, 0.29) is 0 Å². The van der Waals surface area contributed by atoms with Gasteiger partial charge in [0, 0.05) is 44.3 Å². The summed E-state index contributed by atoms with van der Waals surface area (Å²) in [5.41, 5.74) is 0. The summed E-state index contributed by atoms with van der Waals surface area (Å²) in [6.07, 6.45) is 0. The molecule has 1 rings (SSSR count). The minimum absolute atomic E-state index is 0.652. The number of rotatable bonds is 4. The van der Waals surface area contributed by atoms with Gasteiger partial charge in [-0.25, -0.2) is 0 Å². The summed E-state index contributed by atoms with van der Waals surface area (Å²) in [6.45, 7) is 14.0. The summed E-state index contributed by atoms with van der Waals surface area (Å²) in [4.78, 5) is 5.20. The van der Waals surface area contributed by atoms with Crippen molar-refractivity contribution in [1.29, 1.82) is 0 Å². The summed E-state index contributed by atoms with van der Waals surface area (Å²) in [5.74, 6) is 0. The second kappa shape index (κ2) is 5.83. The van der Waals surface area contributed by atoms with E-state index in [1.54, 1.807) is 0 Å². The first-order valence-electron chi connectivity index (χ1n) is 6.20. The van der Waals surface area contributed by atoms with E-state index < -0.39 is 0 Å². The van der Waals surface area contributed by atoms with Crippen molar-refractivity contribution in [3.05, 3.63) is 0 Å². The van der Waals surface area contributed by atoms with Gasteiger partial charge in [0.05, 0.1) is 0 Å². The molecular formula is C12H27N3. The first-order chi connectivity index (χ1) is 7.06. The monoisotopic (exact) mass is 213 g/mol. The molecule has 0 aromatic rings. The van der Waals surface area contributed by atoms with E-state index in [1.807, 2.05) is 7.05 Å². The lowest BCUT2D eigenvalue weighted by Crippen LogP contribution is -2.57. The highest BCUT2D eigenvalue weighted by Gasteiger charge is 2.27. The Balaban J connectivity index is 2.45. The molecular weight excluding hydrogens is 186 g/mol. The van der Waals surface area contributed by atoms with Crippen LogP contribution >= 0.6 is 0 Å². The summed E-state index contributed by atoms with van der Waals surface area (Å²) in [7, 11) is 2.03. The molecule has 0 aliphatic carbocycles. The topological polar surface area (TPSA) is 18.5 Å². The Morgan fingerprint density at radius 1 is 1.27 bits per heavy atom. The Morgan fingerprint density at radius 3 is 2.40 bits per heavy atom. The Hall–Kier alpha value is -0.120. The highest BCUT2D eigenvalue weighted by Crippen LogP contribution is 2.14. The molecule has 0 spiro atoms. The maximum absolute atomic E-state index is 3.26. The minimum atomic E-state index is 0.652. The molecule has 0 aromatic carbocycles. The highest BCUT2D eigenvalue weighted by atomic mass is 15.3. The van der Waals surface area contributed by atoms with Gasteiger partial charge < -0.3 is 5.32 Å². The lowest BCUT2D eigenvalue weighted by atomic mass is 10.1. The summed E-state index contributed by atoms with van der Waals surface area (Å²) >= 11 is 0. The molecule has 0 bridgehead atoms. The van der Waals surface area contributed by atoms with E-state index in [1.165, 1.54) is 19.6 Å². The molecule has 0 aromatic heterocycles. The van der Waals surface area contributed by atoms with Gasteiger partial charge in [0.15, 0.2) is 0 Å². The Kier molecular flexibility index (Phi) is 5.03. The molecule has 0 amide bonds. The van der Waals surface area contributed by atoms with Crippen LogP contribution in [0.3, 0.4) is 0 Å². The van der Waals surface area contributed by atoms with Crippen LogP contribution in [0, 0.1) is 0 Å². The molecule has 1 aliphatic rings. The smallest absolute Gasteiger partial charge is 0.0198 e. The normalized spacial score (nSPS) is 27.2. The van der Waals surface area contributed by atoms with Gasteiger partial charge >= 0.3 is 0 Å². The minimum Gasteiger partial charge on any atom is -0.318 e. The zero-order chi connectivity index (χ0) is 11.4. The molecule has 3 heteroatoms. The number of piperazine rings is 1. The van der Waals surface area contributed by atoms with Gasteiger partial charge in [-0.3, -0.25) is 9.80 Å². The van der Waals surface area contributed by atoms with E-state index in [2.05, 4.69) is 42.8 Å². The molecule has 3 nitrogen and oxygen atoms in total. The molecule has 2 unspecified atom stereocenters. The van der Waals surface area contributed by atoms with Crippen molar-refractivity contribution >= 4 is 0 Å². The van der Waals surface area contributed by atoms with Crippen LogP contribution in [0.15, 0.2) is 0 Å². The van der Waals surface area contributed by atoms with Crippen LogP contribution in [0.25, 0.3) is 0 Å². The number of nitrogens with zero attached hydrogens (tertiary/aromatic N) is 2. The molecule has 15 heavy (non-hydrogen) atoms. The van der Waals surface area contributed by atoms with Crippen LogP contribution < -0.4 is 5.32 Å². The maximum atomic E-state index is 3.26. The van der Waals surface area contributed by atoms with Crippen molar-refractivity contribution in [3.8, 4) is 0 Å². The van der Waals surface area contributed by atoms with E-state index >= 15 is 0 Å². The SMILES string of the molecule is CNCC(C)N1CCN(C(C)C)CC1C. The van der Waals surface area contributed by atoms with Crippen LogP contribution in [0.4, 0.5) is 0 Å². The zero-order valence-corrected chi connectivity index (χ0v) is 11.0. The zero-order valence-electron chi connectivity index (χ0n) is 11.0. The van der Waals surface area contributed by atoms with Gasteiger partial charge in [0.2, 0.25) is 0 Å². The Morgan fingerprint density at radius 2 is 1.93 bits per heavy atom. The highest BCUT2D eigenvalue weighted by molar-refractivity contribution is 4.84. The van der Waals surface area contributed by atoms with E-state index in [0.29, 0.717) is 18.1 Å². The van der Waals surface area contributed by atoms with E-state index in [0.717, 1.165) is 6.54 Å². The van der Waals surface area contributed by atoms with Crippen molar-refractivity contribution in [1.82, 2.24) is 15.1 Å². The summed E-state index contributed by atoms with van der Waals surface area (Å²) in [5, 5.41) is 3.26. The fraction of sp³-hybridized carbons (Fsp3) is 1.00. The van der Waals surface area contributed by atoms with Crippen LogP contribution in [-0.4, -0.2) is 61.2 Å². The first-order valence-corrected chi connectivity index (χ1v) is 6.20. The molecule has 0 saturated carbocycles. The van der Waals surface area contributed by atoms with Crippen molar-refractivity contribution in [2.75, 3.05) is 33.2 Å². The molecule has 0 radical (unpaired) electrons. The molecule has 1 N–H and O–H groups in total. The largest absolute Gasteiger partial charge is 0.318 e. The maximum Gasteiger partial charge on any atom is 0.0198 e. The van der Waals surface area contributed by atoms with Gasteiger partial charge in [-0.1, -0.05) is 0 Å². The molecule has 1 fully saturated rings. The van der Waals surface area contributed by atoms with Crippen LogP contribution in [0.1, 0.15) is 27.7 Å². The fourth-order valence-electron chi connectivity index (χ4n) is 2.54. The van der Waals surface area contributed by atoms with Gasteiger partial charge in [0.25, 0.3) is 0 Å². The summed E-state index contributed by atoms with van der Waals surface area (Å²) < 4.78 is 0. The van der Waals surface area contributed by atoms with Gasteiger partial charge in [0.1, 0.15) is 0 Å². The average Bonchev–Trinajstić information content (AvgIpc) is 2.17. The van der Waals surface area contributed by atoms with E-state index in [4.69, 9.17) is 0 Å². The number of nitrogens with one attached hydrogen (secondary N) is 1. The van der Waals surface area contributed by atoms with Crippen LogP contribution in [0.2, 0.25) is 0 Å². The number of likely N-dealkylation sites (N-methyl/N-ethyl adjacent to an activating group) is 1. The molecule has 2 atom stereocenters. The number of hydrogen-bond donors (Lipinski definition) is 1. The van der Waals surface area contributed by atoms with Gasteiger partial charge in [-0.2, -0.15) is 0 Å². The van der Waals surface area contributed by atoms with Crippen molar-refractivity contribution in [3.63, 3.8) is 0 Å². The molecule has 1 aliphatic heterocycles. The predicted molar refractivity (Wildman–Crippen MR) is 66.3 cm³/mol. The third-order valence-corrected chi connectivity index (χ3v) is 3.51. The Bertz CT molecular complexity index is 182. The van der Waals surface area contributed by atoms with Gasteiger partial charge in [-0.05, 0) is 34.7 Å². The second-order valence-electron chi connectivity index (χ2n) is 5.08. The second-order valence-corrected chi connectivity index (χ2v) is 5.08. The fourth-order valence-corrected chi connectivity index (χ4v) is 2.54. The number of hydrogen-bond acceptors (Lipinski definition) is 3. The summed E-state index contributed by atoms with van der Waals surface area (Å²) in [6, 6.07) is 2.03. The van der Waals surface area contributed by atoms with Crippen molar-refractivity contribution < 1.29 is 0 Å². The molecule has 1 saturated heterocycles. The third-order valence-electron chi connectivity index (χ3n) is 3.51. The Labute approximate surface area is 94.8 Å². The van der Waals surface area contributed by atoms with Crippen molar-refractivity contribution in [2.24, 2.45) is 0 Å². The van der Waals surface area contributed by atoms with Crippen LogP contribution in [0.5, 0.6) is 0 Å².